The minimum absolute atomic E-state index is 0.0962. The SMILES string of the molecule is CCCCCCCC(=O)Nc1nc(Cl)ccc1[N+](=O)[O-]. The maximum atomic E-state index is 11.7. The average Bonchev–Trinajstić information content (AvgIpc) is 2.38. The van der Waals surface area contributed by atoms with Crippen molar-refractivity contribution in [2.75, 3.05) is 5.32 Å². The summed E-state index contributed by atoms with van der Waals surface area (Å²) in [6, 6.07) is 2.55. The number of aromatic nitrogens is 1. The number of nitrogens with one attached hydrogen (secondary N) is 1. The zero-order valence-corrected chi connectivity index (χ0v) is 12.2. The van der Waals surface area contributed by atoms with Gasteiger partial charge in [0, 0.05) is 12.5 Å². The molecule has 0 aliphatic rings. The molecule has 1 aromatic heterocycles. The van der Waals surface area contributed by atoms with Crippen LogP contribution < -0.4 is 5.32 Å². The summed E-state index contributed by atoms with van der Waals surface area (Å²) in [6.45, 7) is 2.12. The van der Waals surface area contributed by atoms with Crippen molar-refractivity contribution < 1.29 is 9.72 Å². The monoisotopic (exact) mass is 299 g/mol. The molecule has 0 unspecified atom stereocenters. The van der Waals surface area contributed by atoms with E-state index in [1.807, 2.05) is 0 Å². The predicted octanol–water partition coefficient (Wildman–Crippen LogP) is 3.94. The zero-order chi connectivity index (χ0) is 15.0. The fourth-order valence-corrected chi connectivity index (χ4v) is 1.90. The highest BCUT2D eigenvalue weighted by atomic mass is 35.5. The molecule has 0 radical (unpaired) electrons. The van der Waals surface area contributed by atoms with Gasteiger partial charge in [0.25, 0.3) is 0 Å². The second-order valence-electron chi connectivity index (χ2n) is 4.47. The lowest BCUT2D eigenvalue weighted by Crippen LogP contribution is -2.13. The second kappa shape index (κ2) is 8.47. The Morgan fingerprint density at radius 2 is 2.05 bits per heavy atom. The van der Waals surface area contributed by atoms with Crippen LogP contribution in [0.4, 0.5) is 11.5 Å². The number of rotatable bonds is 8. The van der Waals surface area contributed by atoms with Crippen LogP contribution >= 0.6 is 11.6 Å². The van der Waals surface area contributed by atoms with E-state index in [-0.39, 0.29) is 22.6 Å². The molecular weight excluding hydrogens is 282 g/mol. The number of carbonyl (C=O) groups excluding carboxylic acids is 1. The van der Waals surface area contributed by atoms with Gasteiger partial charge in [-0.2, -0.15) is 0 Å². The third-order valence-corrected chi connectivity index (χ3v) is 3.01. The van der Waals surface area contributed by atoms with E-state index in [0.29, 0.717) is 6.42 Å². The number of carbonyl (C=O) groups is 1. The number of nitrogens with zero attached hydrogens (tertiary/aromatic N) is 2. The maximum Gasteiger partial charge on any atom is 0.311 e. The summed E-state index contributed by atoms with van der Waals surface area (Å²) < 4.78 is 0. The first kappa shape index (κ1) is 16.4. The highest BCUT2D eigenvalue weighted by Crippen LogP contribution is 2.24. The van der Waals surface area contributed by atoms with Gasteiger partial charge in [-0.3, -0.25) is 14.9 Å². The van der Waals surface area contributed by atoms with Gasteiger partial charge in [0.2, 0.25) is 11.7 Å². The van der Waals surface area contributed by atoms with Crippen molar-refractivity contribution in [3.63, 3.8) is 0 Å². The van der Waals surface area contributed by atoms with E-state index in [9.17, 15) is 14.9 Å². The molecule has 0 fully saturated rings. The van der Waals surface area contributed by atoms with Crippen molar-refractivity contribution in [3.05, 3.63) is 27.4 Å². The number of hydrogen-bond acceptors (Lipinski definition) is 4. The lowest BCUT2D eigenvalue weighted by atomic mass is 10.1. The summed E-state index contributed by atoms with van der Waals surface area (Å²) in [5.74, 6) is -0.375. The number of nitro groups is 1. The van der Waals surface area contributed by atoms with Crippen LogP contribution in [-0.4, -0.2) is 15.8 Å². The molecule has 7 heteroatoms. The molecular formula is C13H18ClN3O3. The molecule has 1 N–H and O–H groups in total. The van der Waals surface area contributed by atoms with Gasteiger partial charge in [-0.1, -0.05) is 44.2 Å². The van der Waals surface area contributed by atoms with Crippen LogP contribution in [0.2, 0.25) is 5.15 Å². The Morgan fingerprint density at radius 3 is 2.70 bits per heavy atom. The van der Waals surface area contributed by atoms with Gasteiger partial charge in [-0.05, 0) is 12.5 Å². The Kier molecular flexibility index (Phi) is 6.93. The third kappa shape index (κ3) is 5.52. The second-order valence-corrected chi connectivity index (χ2v) is 4.86. The Hall–Kier alpha value is -1.69. The first-order chi connectivity index (χ1) is 9.54. The predicted molar refractivity (Wildman–Crippen MR) is 77.9 cm³/mol. The lowest BCUT2D eigenvalue weighted by molar-refractivity contribution is -0.384. The molecule has 20 heavy (non-hydrogen) atoms. The van der Waals surface area contributed by atoms with Gasteiger partial charge in [-0.25, -0.2) is 4.98 Å². The van der Waals surface area contributed by atoms with Crippen LogP contribution in [0.5, 0.6) is 0 Å². The molecule has 0 aliphatic carbocycles. The van der Waals surface area contributed by atoms with E-state index >= 15 is 0 Å². The lowest BCUT2D eigenvalue weighted by Gasteiger charge is -2.05. The Morgan fingerprint density at radius 1 is 1.35 bits per heavy atom. The molecule has 0 saturated carbocycles. The summed E-state index contributed by atoms with van der Waals surface area (Å²) in [5, 5.41) is 13.4. The van der Waals surface area contributed by atoms with Crippen molar-refractivity contribution in [1.29, 1.82) is 0 Å². The van der Waals surface area contributed by atoms with Crippen molar-refractivity contribution in [3.8, 4) is 0 Å². The molecule has 6 nitrogen and oxygen atoms in total. The highest BCUT2D eigenvalue weighted by molar-refractivity contribution is 6.29. The number of halogens is 1. The van der Waals surface area contributed by atoms with Gasteiger partial charge in [0.1, 0.15) is 5.15 Å². The van der Waals surface area contributed by atoms with Crippen molar-refractivity contribution >= 4 is 29.0 Å². The van der Waals surface area contributed by atoms with Crippen LogP contribution in [0.1, 0.15) is 45.4 Å². The van der Waals surface area contributed by atoms with Crippen LogP contribution in [0.15, 0.2) is 12.1 Å². The van der Waals surface area contributed by atoms with Crippen molar-refractivity contribution in [2.45, 2.75) is 45.4 Å². The minimum Gasteiger partial charge on any atom is -0.305 e. The average molecular weight is 300 g/mol. The number of pyridine rings is 1. The number of hydrogen-bond donors (Lipinski definition) is 1. The van der Waals surface area contributed by atoms with E-state index in [1.165, 1.54) is 12.1 Å². The number of amides is 1. The molecule has 1 heterocycles. The number of unbranched alkanes of at least 4 members (excludes halogenated alkanes) is 4. The topological polar surface area (TPSA) is 85.1 Å². The van der Waals surface area contributed by atoms with Gasteiger partial charge in [0.15, 0.2) is 0 Å². The van der Waals surface area contributed by atoms with Gasteiger partial charge < -0.3 is 5.32 Å². The van der Waals surface area contributed by atoms with Gasteiger partial charge in [0.05, 0.1) is 4.92 Å². The highest BCUT2D eigenvalue weighted by Gasteiger charge is 2.17. The van der Waals surface area contributed by atoms with Crippen molar-refractivity contribution in [2.24, 2.45) is 0 Å². The Balaban J connectivity index is 2.53. The van der Waals surface area contributed by atoms with Crippen LogP contribution in [0, 0.1) is 10.1 Å². The first-order valence-electron chi connectivity index (χ1n) is 6.65. The Bertz CT molecular complexity index is 480. The normalized spacial score (nSPS) is 10.3. The molecule has 1 rings (SSSR count). The zero-order valence-electron chi connectivity index (χ0n) is 11.4. The van der Waals surface area contributed by atoms with E-state index in [0.717, 1.165) is 32.1 Å². The molecule has 1 aromatic rings. The molecule has 0 aromatic carbocycles. The smallest absolute Gasteiger partial charge is 0.305 e. The quantitative estimate of drug-likeness (QED) is 0.341. The maximum absolute atomic E-state index is 11.7. The molecule has 0 saturated heterocycles. The van der Waals surface area contributed by atoms with Crippen LogP contribution in [0.3, 0.4) is 0 Å². The largest absolute Gasteiger partial charge is 0.311 e. The third-order valence-electron chi connectivity index (χ3n) is 2.80. The summed E-state index contributed by atoms with van der Waals surface area (Å²) in [5.41, 5.74) is -0.256. The standard InChI is InChI=1S/C13H18ClN3O3/c1-2-3-4-5-6-7-12(18)16-13-10(17(19)20)8-9-11(14)15-13/h8-9H,2-7H2,1H3,(H,15,16,18). The molecule has 110 valence electrons. The summed E-state index contributed by atoms with van der Waals surface area (Å²) in [4.78, 5) is 25.7. The Labute approximate surface area is 122 Å². The first-order valence-corrected chi connectivity index (χ1v) is 7.03. The molecule has 0 aliphatic heterocycles. The van der Waals surface area contributed by atoms with E-state index < -0.39 is 4.92 Å². The summed E-state index contributed by atoms with van der Waals surface area (Å²) in [7, 11) is 0. The van der Waals surface area contributed by atoms with E-state index in [4.69, 9.17) is 11.6 Å². The minimum atomic E-state index is -0.597. The summed E-state index contributed by atoms with van der Waals surface area (Å²) >= 11 is 5.68. The van der Waals surface area contributed by atoms with Crippen molar-refractivity contribution in [1.82, 2.24) is 4.98 Å². The van der Waals surface area contributed by atoms with E-state index in [2.05, 4.69) is 17.2 Å². The molecule has 0 spiro atoms. The van der Waals surface area contributed by atoms with Gasteiger partial charge >= 0.3 is 5.69 Å². The summed E-state index contributed by atoms with van der Waals surface area (Å²) in [6.07, 6.45) is 5.47. The van der Waals surface area contributed by atoms with E-state index in [1.54, 1.807) is 0 Å². The molecule has 0 bridgehead atoms. The fourth-order valence-electron chi connectivity index (χ4n) is 1.75. The number of anilines is 1. The van der Waals surface area contributed by atoms with Crippen LogP contribution in [-0.2, 0) is 4.79 Å². The fraction of sp³-hybridized carbons (Fsp3) is 0.538. The molecule has 0 atom stereocenters. The van der Waals surface area contributed by atoms with Crippen LogP contribution in [0.25, 0.3) is 0 Å². The van der Waals surface area contributed by atoms with Gasteiger partial charge in [-0.15, -0.1) is 0 Å². The molecule has 1 amide bonds.